The van der Waals surface area contributed by atoms with Crippen molar-refractivity contribution in [3.8, 4) is 0 Å². The van der Waals surface area contributed by atoms with Crippen LogP contribution in [0.5, 0.6) is 0 Å². The van der Waals surface area contributed by atoms with E-state index in [1.54, 1.807) is 19.1 Å². The summed E-state index contributed by atoms with van der Waals surface area (Å²) in [6.45, 7) is 6.06. The Morgan fingerprint density at radius 3 is 2.94 bits per heavy atom. The standard InChI is InChI=1S/C12H14BrFN2O/c1-3-4-15-7-12(17)16-11-6-10(14)9(13)5-8(11)2/h3,5-6,15H,1,4,7H2,2H3,(H,16,17). The van der Waals surface area contributed by atoms with Gasteiger partial charge in [-0.05, 0) is 40.5 Å². The van der Waals surface area contributed by atoms with Gasteiger partial charge in [0, 0.05) is 12.2 Å². The first-order valence-electron chi connectivity index (χ1n) is 5.11. The Morgan fingerprint density at radius 1 is 1.59 bits per heavy atom. The van der Waals surface area contributed by atoms with Gasteiger partial charge >= 0.3 is 0 Å². The van der Waals surface area contributed by atoms with Crippen LogP contribution in [0.15, 0.2) is 29.3 Å². The van der Waals surface area contributed by atoms with Crippen LogP contribution in [0.4, 0.5) is 10.1 Å². The molecule has 17 heavy (non-hydrogen) atoms. The van der Waals surface area contributed by atoms with Crippen molar-refractivity contribution in [3.63, 3.8) is 0 Å². The zero-order valence-electron chi connectivity index (χ0n) is 9.52. The summed E-state index contributed by atoms with van der Waals surface area (Å²) >= 11 is 3.09. The molecule has 5 heteroatoms. The first-order valence-corrected chi connectivity index (χ1v) is 5.91. The Hall–Kier alpha value is -1.20. The second kappa shape index (κ2) is 6.51. The molecule has 1 rings (SSSR count). The first kappa shape index (κ1) is 13.9. The Kier molecular flexibility index (Phi) is 5.31. The van der Waals surface area contributed by atoms with Gasteiger partial charge in [0.15, 0.2) is 0 Å². The molecule has 1 amide bonds. The first-order chi connectivity index (χ1) is 8.04. The van der Waals surface area contributed by atoms with Crippen molar-refractivity contribution in [2.75, 3.05) is 18.4 Å². The summed E-state index contributed by atoms with van der Waals surface area (Å²) in [7, 11) is 0. The van der Waals surface area contributed by atoms with Crippen molar-refractivity contribution < 1.29 is 9.18 Å². The summed E-state index contributed by atoms with van der Waals surface area (Å²) < 4.78 is 13.7. The highest BCUT2D eigenvalue weighted by Gasteiger charge is 2.08. The fraction of sp³-hybridized carbons (Fsp3) is 0.250. The average molecular weight is 301 g/mol. The van der Waals surface area contributed by atoms with Crippen LogP contribution in [0.2, 0.25) is 0 Å². The summed E-state index contributed by atoms with van der Waals surface area (Å²) in [5.41, 5.74) is 1.28. The fourth-order valence-corrected chi connectivity index (χ4v) is 1.72. The van der Waals surface area contributed by atoms with Crippen LogP contribution in [-0.4, -0.2) is 19.0 Å². The van der Waals surface area contributed by atoms with Crippen LogP contribution in [0.25, 0.3) is 0 Å². The molecule has 1 aromatic carbocycles. The van der Waals surface area contributed by atoms with E-state index in [1.807, 2.05) is 0 Å². The molecule has 0 radical (unpaired) electrons. The number of benzene rings is 1. The fourth-order valence-electron chi connectivity index (χ4n) is 1.26. The van der Waals surface area contributed by atoms with E-state index in [4.69, 9.17) is 0 Å². The summed E-state index contributed by atoms with van der Waals surface area (Å²) in [5.74, 6) is -0.610. The lowest BCUT2D eigenvalue weighted by Crippen LogP contribution is -2.28. The third-order valence-corrected chi connectivity index (χ3v) is 2.72. The Balaban J connectivity index is 2.65. The van der Waals surface area contributed by atoms with Crippen LogP contribution in [0, 0.1) is 12.7 Å². The number of hydrogen-bond acceptors (Lipinski definition) is 2. The predicted octanol–water partition coefficient (Wildman–Crippen LogP) is 2.61. The van der Waals surface area contributed by atoms with Crippen LogP contribution >= 0.6 is 15.9 Å². The molecule has 2 N–H and O–H groups in total. The van der Waals surface area contributed by atoms with Gasteiger partial charge in [-0.3, -0.25) is 4.79 Å². The zero-order chi connectivity index (χ0) is 12.8. The van der Waals surface area contributed by atoms with E-state index in [1.165, 1.54) is 6.07 Å². The van der Waals surface area contributed by atoms with E-state index in [9.17, 15) is 9.18 Å². The molecule has 0 heterocycles. The summed E-state index contributed by atoms with van der Waals surface area (Å²) in [6, 6.07) is 2.92. The molecule has 0 spiro atoms. The van der Waals surface area contributed by atoms with E-state index in [0.717, 1.165) is 5.56 Å². The zero-order valence-corrected chi connectivity index (χ0v) is 11.1. The van der Waals surface area contributed by atoms with Gasteiger partial charge in [0.1, 0.15) is 5.82 Å². The van der Waals surface area contributed by atoms with Gasteiger partial charge < -0.3 is 10.6 Å². The minimum absolute atomic E-state index is 0.170. The molecule has 0 atom stereocenters. The number of aryl methyl sites for hydroxylation is 1. The molecule has 0 aliphatic carbocycles. The lowest BCUT2D eigenvalue weighted by atomic mass is 10.2. The van der Waals surface area contributed by atoms with E-state index in [-0.39, 0.29) is 12.5 Å². The van der Waals surface area contributed by atoms with Crippen molar-refractivity contribution in [1.82, 2.24) is 5.32 Å². The average Bonchev–Trinajstić information content (AvgIpc) is 2.26. The SMILES string of the molecule is C=CCNCC(=O)Nc1cc(F)c(Br)cc1C. The smallest absolute Gasteiger partial charge is 0.238 e. The van der Waals surface area contributed by atoms with Crippen LogP contribution in [0.1, 0.15) is 5.56 Å². The number of rotatable bonds is 5. The molecular weight excluding hydrogens is 287 g/mol. The maximum absolute atomic E-state index is 13.3. The molecule has 92 valence electrons. The number of nitrogens with one attached hydrogen (secondary N) is 2. The number of amides is 1. The van der Waals surface area contributed by atoms with Gasteiger partial charge in [0.2, 0.25) is 5.91 Å². The van der Waals surface area contributed by atoms with Gasteiger partial charge in [0.25, 0.3) is 0 Å². The second-order valence-corrected chi connectivity index (χ2v) is 4.40. The maximum atomic E-state index is 13.3. The predicted molar refractivity (Wildman–Crippen MR) is 70.5 cm³/mol. The summed E-state index contributed by atoms with van der Waals surface area (Å²) in [4.78, 5) is 11.5. The number of hydrogen-bond donors (Lipinski definition) is 2. The van der Waals surface area contributed by atoms with E-state index < -0.39 is 5.82 Å². The molecule has 0 unspecified atom stereocenters. The lowest BCUT2D eigenvalue weighted by Gasteiger charge is -2.09. The van der Waals surface area contributed by atoms with Crippen molar-refractivity contribution in [2.24, 2.45) is 0 Å². The highest BCUT2D eigenvalue weighted by atomic mass is 79.9. The summed E-state index contributed by atoms with van der Waals surface area (Å²) in [5, 5.41) is 5.51. The van der Waals surface area contributed by atoms with Crippen molar-refractivity contribution in [2.45, 2.75) is 6.92 Å². The molecule has 0 saturated carbocycles. The van der Waals surface area contributed by atoms with Crippen LogP contribution in [0.3, 0.4) is 0 Å². The Labute approximate surface area is 108 Å². The van der Waals surface area contributed by atoms with Gasteiger partial charge in [-0.15, -0.1) is 6.58 Å². The van der Waals surface area contributed by atoms with Crippen LogP contribution in [-0.2, 0) is 4.79 Å². The van der Waals surface area contributed by atoms with Crippen molar-refractivity contribution in [3.05, 3.63) is 40.6 Å². The largest absolute Gasteiger partial charge is 0.325 e. The molecule has 1 aromatic rings. The molecule has 3 nitrogen and oxygen atoms in total. The Morgan fingerprint density at radius 2 is 2.29 bits per heavy atom. The van der Waals surface area contributed by atoms with E-state index in [0.29, 0.717) is 16.7 Å². The summed E-state index contributed by atoms with van der Waals surface area (Å²) in [6.07, 6.45) is 1.66. The van der Waals surface area contributed by atoms with Gasteiger partial charge in [-0.1, -0.05) is 6.08 Å². The number of halogens is 2. The lowest BCUT2D eigenvalue weighted by molar-refractivity contribution is -0.115. The minimum Gasteiger partial charge on any atom is -0.325 e. The van der Waals surface area contributed by atoms with Gasteiger partial charge in [-0.25, -0.2) is 4.39 Å². The van der Waals surface area contributed by atoms with Crippen molar-refractivity contribution >= 4 is 27.5 Å². The number of anilines is 1. The molecule has 0 bridgehead atoms. The Bertz CT molecular complexity index is 435. The molecular formula is C12H14BrFN2O. The topological polar surface area (TPSA) is 41.1 Å². The van der Waals surface area contributed by atoms with E-state index in [2.05, 4.69) is 33.1 Å². The molecule has 0 fully saturated rings. The maximum Gasteiger partial charge on any atom is 0.238 e. The third-order valence-electron chi connectivity index (χ3n) is 2.12. The number of carbonyl (C=O) groups is 1. The second-order valence-electron chi connectivity index (χ2n) is 3.55. The third kappa shape index (κ3) is 4.28. The van der Waals surface area contributed by atoms with Gasteiger partial charge in [0.05, 0.1) is 11.0 Å². The molecule has 0 aliphatic heterocycles. The van der Waals surface area contributed by atoms with Gasteiger partial charge in [-0.2, -0.15) is 0 Å². The quantitative estimate of drug-likeness (QED) is 0.648. The molecule has 0 aliphatic rings. The minimum atomic E-state index is -0.398. The van der Waals surface area contributed by atoms with E-state index >= 15 is 0 Å². The highest BCUT2D eigenvalue weighted by molar-refractivity contribution is 9.10. The highest BCUT2D eigenvalue weighted by Crippen LogP contribution is 2.23. The molecule has 0 aromatic heterocycles. The molecule has 0 saturated heterocycles. The monoisotopic (exact) mass is 300 g/mol. The van der Waals surface area contributed by atoms with Crippen molar-refractivity contribution in [1.29, 1.82) is 0 Å². The van der Waals surface area contributed by atoms with Crippen LogP contribution < -0.4 is 10.6 Å². The normalized spacial score (nSPS) is 10.1. The number of carbonyl (C=O) groups excluding carboxylic acids is 1.